The minimum Gasteiger partial charge on any atom is -0.472 e. The van der Waals surface area contributed by atoms with Gasteiger partial charge in [0.05, 0.1) is 5.54 Å². The van der Waals surface area contributed by atoms with Crippen molar-refractivity contribution in [3.8, 4) is 5.88 Å². The van der Waals surface area contributed by atoms with E-state index in [9.17, 15) is 9.59 Å². The number of thioether (sulfide) groups is 1. The molecule has 0 aromatic carbocycles. The highest BCUT2D eigenvalue weighted by Crippen LogP contribution is 2.41. The molecule has 8 nitrogen and oxygen atoms in total. The van der Waals surface area contributed by atoms with Crippen molar-refractivity contribution in [2.75, 3.05) is 13.2 Å². The molecule has 0 aliphatic heterocycles. The van der Waals surface area contributed by atoms with Crippen molar-refractivity contribution < 1.29 is 18.8 Å². The highest BCUT2D eigenvalue weighted by Gasteiger charge is 2.36. The zero-order valence-corrected chi connectivity index (χ0v) is 23.5. The quantitative estimate of drug-likeness (QED) is 0.263. The van der Waals surface area contributed by atoms with Gasteiger partial charge in [0.25, 0.3) is 11.8 Å². The van der Waals surface area contributed by atoms with Crippen molar-refractivity contribution in [2.45, 2.75) is 114 Å². The van der Waals surface area contributed by atoms with Crippen LogP contribution in [-0.2, 0) is 4.79 Å². The van der Waals surface area contributed by atoms with Gasteiger partial charge in [-0.3, -0.25) is 9.59 Å². The van der Waals surface area contributed by atoms with Crippen molar-refractivity contribution in [2.24, 2.45) is 23.5 Å². The number of nitrogens with zero attached hydrogens (tertiary/aromatic N) is 1. The van der Waals surface area contributed by atoms with E-state index in [0.717, 1.165) is 31.6 Å². The number of ether oxygens (including phenoxy) is 1. The fourth-order valence-electron chi connectivity index (χ4n) is 5.65. The lowest BCUT2D eigenvalue weighted by Gasteiger charge is -2.35. The highest BCUT2D eigenvalue weighted by atomic mass is 32.2. The second-order valence-electron chi connectivity index (χ2n) is 11.7. The number of carbonyl (C=O) groups is 2. The second kappa shape index (κ2) is 13.2. The summed E-state index contributed by atoms with van der Waals surface area (Å²) in [5.74, 6) is 2.31. The monoisotopic (exact) mass is 522 g/mol. The third-order valence-corrected chi connectivity index (χ3v) is 8.24. The van der Waals surface area contributed by atoms with E-state index in [0.29, 0.717) is 35.6 Å². The van der Waals surface area contributed by atoms with E-state index in [4.69, 9.17) is 15.0 Å². The number of rotatable bonds is 12. The minimum absolute atomic E-state index is 0.0308. The molecule has 4 unspecified atom stereocenters. The molecule has 0 saturated heterocycles. The summed E-state index contributed by atoms with van der Waals surface area (Å²) in [5.41, 5.74) is 4.91. The van der Waals surface area contributed by atoms with Crippen LogP contribution in [0.1, 0.15) is 103 Å². The number of carbonyl (C=O) groups excluding carboxylic acids is 2. The summed E-state index contributed by atoms with van der Waals surface area (Å²) < 4.78 is 11.6. The molecular formula is C27H46N4O4S. The van der Waals surface area contributed by atoms with Crippen LogP contribution in [0.2, 0.25) is 0 Å². The first-order chi connectivity index (χ1) is 17.1. The summed E-state index contributed by atoms with van der Waals surface area (Å²) in [6.45, 7) is 11.1. The average Bonchev–Trinajstić information content (AvgIpc) is 3.12. The zero-order chi connectivity index (χ0) is 26.3. The summed E-state index contributed by atoms with van der Waals surface area (Å²) >= 11 is 1.51. The molecule has 2 aliphatic carbocycles. The second-order valence-corrected chi connectivity index (χ2v) is 13.3. The molecule has 4 atom stereocenters. The van der Waals surface area contributed by atoms with E-state index in [1.165, 1.54) is 37.4 Å². The van der Waals surface area contributed by atoms with E-state index < -0.39 is 5.54 Å². The molecule has 36 heavy (non-hydrogen) atoms. The van der Waals surface area contributed by atoms with Crippen LogP contribution in [0.4, 0.5) is 0 Å². The van der Waals surface area contributed by atoms with Gasteiger partial charge in [0.1, 0.15) is 11.5 Å². The highest BCUT2D eigenvalue weighted by molar-refractivity contribution is 8.00. The van der Waals surface area contributed by atoms with Crippen LogP contribution in [0, 0.1) is 17.8 Å². The number of hydrogen-bond donors (Lipinski definition) is 3. The summed E-state index contributed by atoms with van der Waals surface area (Å²) in [7, 11) is 0. The zero-order valence-electron chi connectivity index (χ0n) is 22.7. The fraction of sp³-hybridized carbons (Fsp3) is 0.815. The summed E-state index contributed by atoms with van der Waals surface area (Å²) in [6, 6.07) is 0.171. The van der Waals surface area contributed by atoms with Gasteiger partial charge < -0.3 is 25.6 Å². The third-order valence-electron chi connectivity index (χ3n) is 7.18. The van der Waals surface area contributed by atoms with Crippen molar-refractivity contribution in [1.82, 2.24) is 15.8 Å². The molecule has 1 aromatic heterocycles. The molecule has 9 heteroatoms. The first-order valence-electron chi connectivity index (χ1n) is 13.7. The first kappa shape index (κ1) is 28.8. The summed E-state index contributed by atoms with van der Waals surface area (Å²) in [6.07, 6.45) is 9.16. The average molecular weight is 523 g/mol. The first-order valence-corrected chi connectivity index (χ1v) is 14.6. The topological polar surface area (TPSA) is 119 Å². The Morgan fingerprint density at radius 1 is 1.22 bits per heavy atom. The van der Waals surface area contributed by atoms with Crippen LogP contribution < -0.4 is 21.1 Å². The Bertz CT molecular complexity index is 872. The van der Waals surface area contributed by atoms with Gasteiger partial charge in [0, 0.05) is 17.7 Å². The Balaban J connectivity index is 1.65. The van der Waals surface area contributed by atoms with Crippen molar-refractivity contribution >= 4 is 23.6 Å². The normalized spacial score (nSPS) is 24.3. The van der Waals surface area contributed by atoms with Crippen LogP contribution in [0.15, 0.2) is 9.42 Å². The predicted octanol–water partition coefficient (Wildman–Crippen LogP) is 4.91. The van der Waals surface area contributed by atoms with E-state index in [2.05, 4.69) is 36.6 Å². The smallest absolute Gasteiger partial charge is 0.291 e. The van der Waals surface area contributed by atoms with E-state index in [1.807, 2.05) is 13.8 Å². The van der Waals surface area contributed by atoms with Crippen LogP contribution in [-0.4, -0.2) is 47.0 Å². The number of hydrogen-bond acceptors (Lipinski definition) is 7. The van der Waals surface area contributed by atoms with Crippen LogP contribution >= 0.6 is 11.8 Å². The molecule has 1 heterocycles. The molecular weight excluding hydrogens is 476 g/mol. The van der Waals surface area contributed by atoms with E-state index in [-0.39, 0.29) is 35.5 Å². The molecule has 2 amide bonds. The molecule has 0 radical (unpaired) electrons. The van der Waals surface area contributed by atoms with Gasteiger partial charge in [-0.2, -0.15) is 0 Å². The van der Waals surface area contributed by atoms with Gasteiger partial charge >= 0.3 is 0 Å². The Hall–Kier alpha value is -1.74. The van der Waals surface area contributed by atoms with Gasteiger partial charge in [0.15, 0.2) is 0 Å². The molecule has 2 aliphatic rings. The van der Waals surface area contributed by atoms with Crippen molar-refractivity contribution in [1.29, 1.82) is 0 Å². The third kappa shape index (κ3) is 8.40. The Labute approximate surface area is 220 Å². The maximum absolute atomic E-state index is 13.4. The maximum Gasteiger partial charge on any atom is 0.291 e. The number of unbranched alkanes of at least 4 members (excludes halogenated alkanes) is 1. The maximum atomic E-state index is 13.4. The molecule has 2 bridgehead atoms. The molecule has 3 rings (SSSR count). The van der Waals surface area contributed by atoms with Crippen molar-refractivity contribution in [3.05, 3.63) is 5.76 Å². The number of fused-ring (bicyclic) bond motifs is 2. The van der Waals surface area contributed by atoms with E-state index >= 15 is 0 Å². The Morgan fingerprint density at radius 3 is 2.72 bits per heavy atom. The standard InChI is InChI=1S/C27H46N4O4S/c1-17(2)36-24-23(25(33)29-21-10-8-9-19-13-18(3)14-20(21)15-19)35-31-26(24)34-16-27(4,5)30-22(32)11-6-7-12-28/h17-21H,6-16,28H2,1-5H3,(H,29,33)(H,30,32). The van der Waals surface area contributed by atoms with Crippen LogP contribution in [0.25, 0.3) is 0 Å². The SMILES string of the molecule is CC1CC2CCCC(NC(=O)c3onc(OCC(C)(C)NC(=O)CCCCN)c3SC(C)C)C(C1)C2. The van der Waals surface area contributed by atoms with E-state index in [1.54, 1.807) is 0 Å². The number of amides is 2. The number of nitrogens with one attached hydrogen (secondary N) is 2. The Kier molecular flexibility index (Phi) is 10.5. The predicted molar refractivity (Wildman–Crippen MR) is 143 cm³/mol. The van der Waals surface area contributed by atoms with Gasteiger partial charge in [-0.25, -0.2) is 0 Å². The van der Waals surface area contributed by atoms with Crippen LogP contribution in [0.3, 0.4) is 0 Å². The van der Waals surface area contributed by atoms with Gasteiger partial charge in [-0.1, -0.05) is 33.6 Å². The van der Waals surface area contributed by atoms with Gasteiger partial charge in [0.2, 0.25) is 11.7 Å². The molecule has 4 N–H and O–H groups in total. The van der Waals surface area contributed by atoms with Gasteiger partial charge in [-0.05, 0) is 81.8 Å². The lowest BCUT2D eigenvalue weighted by atomic mass is 9.74. The molecule has 2 saturated carbocycles. The summed E-state index contributed by atoms with van der Waals surface area (Å²) in [4.78, 5) is 26.3. The Morgan fingerprint density at radius 2 is 2.00 bits per heavy atom. The lowest BCUT2D eigenvalue weighted by Crippen LogP contribution is -2.47. The number of nitrogens with two attached hydrogens (primary N) is 1. The van der Waals surface area contributed by atoms with Gasteiger partial charge in [-0.15, -0.1) is 11.8 Å². The lowest BCUT2D eigenvalue weighted by molar-refractivity contribution is -0.123. The van der Waals surface area contributed by atoms with Crippen molar-refractivity contribution in [3.63, 3.8) is 0 Å². The number of aromatic nitrogens is 1. The van der Waals surface area contributed by atoms with Crippen LogP contribution in [0.5, 0.6) is 5.88 Å². The summed E-state index contributed by atoms with van der Waals surface area (Å²) in [5, 5.41) is 10.6. The molecule has 1 aromatic rings. The molecule has 204 valence electrons. The molecule has 2 fully saturated rings. The largest absolute Gasteiger partial charge is 0.472 e. The fourth-order valence-corrected chi connectivity index (χ4v) is 6.56. The molecule has 0 spiro atoms. The minimum atomic E-state index is -0.602.